The Morgan fingerprint density at radius 2 is 1.67 bits per heavy atom. The first-order chi connectivity index (χ1) is 12.9. The van der Waals surface area contributed by atoms with Crippen molar-refractivity contribution in [3.63, 3.8) is 0 Å². The molecule has 4 heteroatoms. The molecule has 2 aromatic carbocycles. The predicted octanol–water partition coefficient (Wildman–Crippen LogP) is 4.09. The third-order valence-electron chi connectivity index (χ3n) is 5.10. The van der Waals surface area contributed by atoms with E-state index in [0.717, 1.165) is 31.9 Å². The fourth-order valence-electron chi connectivity index (χ4n) is 3.42. The number of hydrogen-bond donors (Lipinski definition) is 0. The van der Waals surface area contributed by atoms with Gasteiger partial charge in [0, 0.05) is 37.9 Å². The Morgan fingerprint density at radius 1 is 1.04 bits per heavy atom. The Morgan fingerprint density at radius 3 is 2.30 bits per heavy atom. The summed E-state index contributed by atoms with van der Waals surface area (Å²) in [6.45, 7) is 10.4. The number of benzene rings is 2. The van der Waals surface area contributed by atoms with Crippen LogP contribution in [0.15, 0.2) is 48.5 Å². The molecule has 1 aliphatic heterocycles. The van der Waals surface area contributed by atoms with E-state index < -0.39 is 0 Å². The van der Waals surface area contributed by atoms with Gasteiger partial charge in [0.1, 0.15) is 0 Å². The van der Waals surface area contributed by atoms with Crippen molar-refractivity contribution >= 4 is 11.6 Å². The molecule has 1 aliphatic rings. The second-order valence-corrected chi connectivity index (χ2v) is 8.22. The summed E-state index contributed by atoms with van der Waals surface area (Å²) in [6.07, 6.45) is 0. The Hall–Kier alpha value is -2.33. The molecule has 1 fully saturated rings. The van der Waals surface area contributed by atoms with Gasteiger partial charge >= 0.3 is 0 Å². The van der Waals surface area contributed by atoms with Crippen molar-refractivity contribution in [2.75, 3.05) is 38.3 Å². The summed E-state index contributed by atoms with van der Waals surface area (Å²) in [5.41, 5.74) is 4.42. The van der Waals surface area contributed by atoms with E-state index in [1.54, 1.807) is 4.90 Å². The van der Waals surface area contributed by atoms with Crippen LogP contribution in [0.2, 0.25) is 0 Å². The average molecular weight is 367 g/mol. The molecule has 1 saturated heterocycles. The van der Waals surface area contributed by atoms with Crippen LogP contribution in [0.5, 0.6) is 0 Å². The van der Waals surface area contributed by atoms with Crippen LogP contribution in [-0.2, 0) is 16.7 Å². The normalized spacial score (nSPS) is 14.9. The van der Waals surface area contributed by atoms with Crippen molar-refractivity contribution in [2.45, 2.75) is 32.7 Å². The summed E-state index contributed by atoms with van der Waals surface area (Å²) < 4.78 is 5.47. The molecule has 0 aliphatic carbocycles. The van der Waals surface area contributed by atoms with Crippen LogP contribution in [0, 0.1) is 0 Å². The molecule has 1 heterocycles. The van der Waals surface area contributed by atoms with Crippen LogP contribution < -0.4 is 4.90 Å². The number of para-hydroxylation sites is 1. The van der Waals surface area contributed by atoms with Crippen molar-refractivity contribution in [1.82, 2.24) is 4.90 Å². The molecule has 0 radical (unpaired) electrons. The minimum Gasteiger partial charge on any atom is -0.378 e. The first-order valence-corrected chi connectivity index (χ1v) is 9.63. The van der Waals surface area contributed by atoms with Gasteiger partial charge in [-0.25, -0.2) is 0 Å². The fraction of sp³-hybridized carbons (Fsp3) is 0.435. The molecule has 0 spiro atoms. The van der Waals surface area contributed by atoms with Crippen LogP contribution in [0.1, 0.15) is 42.3 Å². The third kappa shape index (κ3) is 4.69. The topological polar surface area (TPSA) is 32.8 Å². The highest BCUT2D eigenvalue weighted by molar-refractivity contribution is 5.94. The number of ether oxygens (including phenoxy) is 1. The van der Waals surface area contributed by atoms with Gasteiger partial charge in [0.2, 0.25) is 0 Å². The summed E-state index contributed by atoms with van der Waals surface area (Å²) >= 11 is 0. The maximum atomic E-state index is 12.9. The molecule has 2 aromatic rings. The lowest BCUT2D eigenvalue weighted by atomic mass is 9.86. The zero-order valence-electron chi connectivity index (χ0n) is 16.9. The smallest absolute Gasteiger partial charge is 0.253 e. The lowest BCUT2D eigenvalue weighted by molar-refractivity contribution is 0.0785. The number of carbonyl (C=O) groups excluding carboxylic acids is 1. The van der Waals surface area contributed by atoms with Crippen LogP contribution in [0.4, 0.5) is 5.69 Å². The first-order valence-electron chi connectivity index (χ1n) is 9.63. The van der Waals surface area contributed by atoms with Crippen LogP contribution in [0.25, 0.3) is 0 Å². The van der Waals surface area contributed by atoms with Gasteiger partial charge in [0.25, 0.3) is 5.91 Å². The molecule has 1 amide bonds. The monoisotopic (exact) mass is 366 g/mol. The van der Waals surface area contributed by atoms with Crippen molar-refractivity contribution < 1.29 is 9.53 Å². The quantitative estimate of drug-likeness (QED) is 0.817. The number of anilines is 1. The van der Waals surface area contributed by atoms with Gasteiger partial charge in [-0.15, -0.1) is 0 Å². The number of amides is 1. The van der Waals surface area contributed by atoms with E-state index in [1.807, 2.05) is 25.2 Å². The van der Waals surface area contributed by atoms with Gasteiger partial charge < -0.3 is 14.5 Å². The van der Waals surface area contributed by atoms with Crippen molar-refractivity contribution in [3.05, 3.63) is 65.2 Å². The van der Waals surface area contributed by atoms with Gasteiger partial charge in [-0.3, -0.25) is 4.79 Å². The van der Waals surface area contributed by atoms with Crippen LogP contribution in [-0.4, -0.2) is 44.2 Å². The number of nitrogens with zero attached hydrogens (tertiary/aromatic N) is 2. The summed E-state index contributed by atoms with van der Waals surface area (Å²) in [4.78, 5) is 17.0. The lowest BCUT2D eigenvalue weighted by Crippen LogP contribution is -2.37. The summed E-state index contributed by atoms with van der Waals surface area (Å²) in [5, 5.41) is 0. The van der Waals surface area contributed by atoms with Crippen molar-refractivity contribution in [1.29, 1.82) is 0 Å². The average Bonchev–Trinajstić information content (AvgIpc) is 2.68. The van der Waals surface area contributed by atoms with E-state index >= 15 is 0 Å². The Kier molecular flexibility index (Phi) is 5.85. The number of morpholine rings is 1. The van der Waals surface area contributed by atoms with Crippen molar-refractivity contribution in [3.8, 4) is 0 Å². The standard InChI is InChI=1S/C23H30N2O2/c1-23(2,3)20-11-9-18(10-12-20)22(26)24(4)17-19-7-5-6-8-21(19)25-13-15-27-16-14-25/h5-12H,13-17H2,1-4H3. The molecule has 3 rings (SSSR count). The van der Waals surface area contributed by atoms with Gasteiger partial charge in [0.05, 0.1) is 13.2 Å². The third-order valence-corrected chi connectivity index (χ3v) is 5.10. The van der Waals surface area contributed by atoms with Gasteiger partial charge in [-0.2, -0.15) is 0 Å². The molecule has 144 valence electrons. The minimum atomic E-state index is 0.0484. The van der Waals surface area contributed by atoms with Crippen molar-refractivity contribution in [2.24, 2.45) is 0 Å². The zero-order valence-corrected chi connectivity index (χ0v) is 16.9. The zero-order chi connectivity index (χ0) is 19.4. The molecular weight excluding hydrogens is 336 g/mol. The highest BCUT2D eigenvalue weighted by Crippen LogP contribution is 2.25. The first kappa shape index (κ1) is 19.4. The molecule has 0 unspecified atom stereocenters. The maximum absolute atomic E-state index is 12.9. The molecule has 0 atom stereocenters. The summed E-state index contributed by atoms with van der Waals surface area (Å²) in [6, 6.07) is 16.3. The highest BCUT2D eigenvalue weighted by Gasteiger charge is 2.19. The Bertz CT molecular complexity index is 772. The highest BCUT2D eigenvalue weighted by atomic mass is 16.5. The lowest BCUT2D eigenvalue weighted by Gasteiger charge is -2.31. The molecule has 0 saturated carbocycles. The van der Waals surface area contributed by atoms with E-state index in [2.05, 4.69) is 56.0 Å². The maximum Gasteiger partial charge on any atom is 0.253 e. The summed E-state index contributed by atoms with van der Waals surface area (Å²) in [5.74, 6) is 0.0484. The fourth-order valence-corrected chi connectivity index (χ4v) is 3.42. The SMILES string of the molecule is CN(Cc1ccccc1N1CCOCC1)C(=O)c1ccc(C(C)(C)C)cc1. The second kappa shape index (κ2) is 8.13. The van der Waals surface area contributed by atoms with E-state index in [0.29, 0.717) is 6.54 Å². The van der Waals surface area contributed by atoms with Crippen LogP contribution in [0.3, 0.4) is 0 Å². The van der Waals surface area contributed by atoms with Gasteiger partial charge in [-0.05, 0) is 34.7 Å². The van der Waals surface area contributed by atoms with E-state index in [-0.39, 0.29) is 11.3 Å². The summed E-state index contributed by atoms with van der Waals surface area (Å²) in [7, 11) is 1.87. The number of hydrogen-bond acceptors (Lipinski definition) is 3. The minimum absolute atomic E-state index is 0.0484. The number of rotatable bonds is 4. The molecular formula is C23H30N2O2. The Balaban J connectivity index is 1.73. The second-order valence-electron chi connectivity index (χ2n) is 8.22. The number of carbonyl (C=O) groups is 1. The molecule has 4 nitrogen and oxygen atoms in total. The largest absolute Gasteiger partial charge is 0.378 e. The van der Waals surface area contributed by atoms with Gasteiger partial charge in [-0.1, -0.05) is 51.1 Å². The molecule has 27 heavy (non-hydrogen) atoms. The molecule has 0 N–H and O–H groups in total. The Labute approximate surface area is 162 Å². The van der Waals surface area contributed by atoms with E-state index in [1.165, 1.54) is 16.8 Å². The van der Waals surface area contributed by atoms with E-state index in [4.69, 9.17) is 4.74 Å². The van der Waals surface area contributed by atoms with Crippen LogP contribution >= 0.6 is 0 Å². The van der Waals surface area contributed by atoms with E-state index in [9.17, 15) is 4.79 Å². The van der Waals surface area contributed by atoms with Gasteiger partial charge in [0.15, 0.2) is 0 Å². The predicted molar refractivity (Wildman–Crippen MR) is 110 cm³/mol. The molecule has 0 bridgehead atoms. The molecule has 0 aromatic heterocycles.